The summed E-state index contributed by atoms with van der Waals surface area (Å²) in [5.41, 5.74) is 2.76. The van der Waals surface area contributed by atoms with Gasteiger partial charge in [-0.1, -0.05) is 66.2 Å². The van der Waals surface area contributed by atoms with E-state index >= 15 is 0 Å². The third-order valence-corrected chi connectivity index (χ3v) is 4.04. The highest BCUT2D eigenvalue weighted by Gasteiger charge is 2.14. The van der Waals surface area contributed by atoms with Gasteiger partial charge in [0.2, 0.25) is 0 Å². The van der Waals surface area contributed by atoms with Crippen molar-refractivity contribution in [3.8, 4) is 0 Å². The highest BCUT2D eigenvalue weighted by molar-refractivity contribution is 6.31. The highest BCUT2D eigenvalue weighted by atomic mass is 35.5. The maximum absolute atomic E-state index is 10.7. The van der Waals surface area contributed by atoms with Gasteiger partial charge in [0.15, 0.2) is 0 Å². The lowest BCUT2D eigenvalue weighted by Gasteiger charge is -2.15. The van der Waals surface area contributed by atoms with Gasteiger partial charge in [-0.15, -0.1) is 0 Å². The van der Waals surface area contributed by atoms with Gasteiger partial charge in [-0.3, -0.25) is 0 Å². The van der Waals surface area contributed by atoms with E-state index in [-0.39, 0.29) is 0 Å². The van der Waals surface area contributed by atoms with Crippen LogP contribution in [0.4, 0.5) is 0 Å². The lowest BCUT2D eigenvalue weighted by Crippen LogP contribution is -2.01. The van der Waals surface area contributed by atoms with Crippen LogP contribution in [0.5, 0.6) is 0 Å². The van der Waals surface area contributed by atoms with Crippen LogP contribution in [-0.4, -0.2) is 5.11 Å². The molecular weight excluding hydrogens is 268 g/mol. The molecule has 0 heterocycles. The number of aliphatic hydroxyl groups excluding tert-OH is 1. The largest absolute Gasteiger partial charge is 0.384 e. The Balaban J connectivity index is 2.12. The van der Waals surface area contributed by atoms with Gasteiger partial charge in [0.1, 0.15) is 6.10 Å². The van der Waals surface area contributed by atoms with Crippen molar-refractivity contribution in [3.05, 3.63) is 82.4 Å². The normalized spacial score (nSPS) is 12.6. The van der Waals surface area contributed by atoms with Gasteiger partial charge in [-0.25, -0.2) is 0 Å². The van der Waals surface area contributed by atoms with Crippen LogP contribution >= 0.6 is 11.6 Å². The van der Waals surface area contributed by atoms with Crippen molar-refractivity contribution in [1.82, 2.24) is 0 Å². The molecule has 0 aliphatic heterocycles. The predicted molar refractivity (Wildman–Crippen MR) is 84.2 cm³/mol. The molecule has 0 spiro atoms. The standard InChI is InChI=1S/C18H15ClO/c1-12-11-14(9-10-17(12)19)18(20)16-8-4-6-13-5-2-3-7-15(13)16/h2-11,18,20H,1H3. The van der Waals surface area contributed by atoms with Crippen LogP contribution in [0.1, 0.15) is 22.8 Å². The molecule has 0 fully saturated rings. The summed E-state index contributed by atoms with van der Waals surface area (Å²) in [6.45, 7) is 1.95. The summed E-state index contributed by atoms with van der Waals surface area (Å²) in [6, 6.07) is 19.7. The monoisotopic (exact) mass is 282 g/mol. The molecule has 0 bridgehead atoms. The van der Waals surface area contributed by atoms with Crippen molar-refractivity contribution in [2.45, 2.75) is 13.0 Å². The summed E-state index contributed by atoms with van der Waals surface area (Å²) in [5.74, 6) is 0. The zero-order chi connectivity index (χ0) is 14.1. The molecule has 0 saturated heterocycles. The molecule has 1 N–H and O–H groups in total. The van der Waals surface area contributed by atoms with Gasteiger partial charge in [-0.2, -0.15) is 0 Å². The Kier molecular flexibility index (Phi) is 3.47. The molecule has 3 rings (SSSR count). The lowest BCUT2D eigenvalue weighted by molar-refractivity contribution is 0.222. The summed E-state index contributed by atoms with van der Waals surface area (Å²) in [7, 11) is 0. The average molecular weight is 283 g/mol. The fraction of sp³-hybridized carbons (Fsp3) is 0.111. The number of aryl methyl sites for hydroxylation is 1. The zero-order valence-corrected chi connectivity index (χ0v) is 11.9. The van der Waals surface area contributed by atoms with Crippen LogP contribution in [0, 0.1) is 6.92 Å². The van der Waals surface area contributed by atoms with Crippen LogP contribution in [0.3, 0.4) is 0 Å². The molecule has 0 radical (unpaired) electrons. The smallest absolute Gasteiger partial charge is 0.105 e. The Hall–Kier alpha value is -1.83. The maximum atomic E-state index is 10.7. The van der Waals surface area contributed by atoms with E-state index in [1.165, 1.54) is 0 Å². The van der Waals surface area contributed by atoms with Crippen LogP contribution < -0.4 is 0 Å². The molecule has 1 unspecified atom stereocenters. The van der Waals surface area contributed by atoms with E-state index in [1.807, 2.05) is 55.5 Å². The topological polar surface area (TPSA) is 20.2 Å². The van der Waals surface area contributed by atoms with Crippen LogP contribution in [0.25, 0.3) is 10.8 Å². The predicted octanol–water partition coefficient (Wildman–Crippen LogP) is 4.88. The number of hydrogen-bond donors (Lipinski definition) is 1. The second kappa shape index (κ2) is 5.28. The van der Waals surface area contributed by atoms with Gasteiger partial charge < -0.3 is 5.11 Å². The minimum absolute atomic E-state index is 0.642. The summed E-state index contributed by atoms with van der Waals surface area (Å²) >= 11 is 6.04. The molecule has 0 aliphatic carbocycles. The Bertz CT molecular complexity index is 759. The first-order valence-electron chi connectivity index (χ1n) is 6.58. The molecule has 0 amide bonds. The second-order valence-electron chi connectivity index (χ2n) is 4.98. The van der Waals surface area contributed by atoms with Crippen molar-refractivity contribution in [1.29, 1.82) is 0 Å². The molecule has 0 aromatic heterocycles. The molecule has 0 saturated carbocycles. The van der Waals surface area contributed by atoms with E-state index in [2.05, 4.69) is 12.1 Å². The van der Waals surface area contributed by atoms with Gasteiger partial charge >= 0.3 is 0 Å². The molecule has 0 aliphatic rings. The van der Waals surface area contributed by atoms with E-state index in [9.17, 15) is 5.11 Å². The van der Waals surface area contributed by atoms with E-state index in [0.29, 0.717) is 0 Å². The molecule has 1 atom stereocenters. The summed E-state index contributed by atoms with van der Waals surface area (Å²) in [6.07, 6.45) is -0.642. The number of aliphatic hydroxyl groups is 1. The quantitative estimate of drug-likeness (QED) is 0.710. The first kappa shape index (κ1) is 13.2. The molecule has 3 aromatic carbocycles. The fourth-order valence-corrected chi connectivity index (χ4v) is 2.62. The van der Waals surface area contributed by atoms with Gasteiger partial charge in [0, 0.05) is 5.02 Å². The Morgan fingerprint density at radius 1 is 0.950 bits per heavy atom. The van der Waals surface area contributed by atoms with Crippen molar-refractivity contribution in [2.24, 2.45) is 0 Å². The Morgan fingerprint density at radius 3 is 2.50 bits per heavy atom. The Labute approximate surface area is 123 Å². The minimum atomic E-state index is -0.642. The third-order valence-electron chi connectivity index (χ3n) is 3.62. The maximum Gasteiger partial charge on any atom is 0.105 e. The van der Waals surface area contributed by atoms with Gasteiger partial charge in [0.05, 0.1) is 0 Å². The fourth-order valence-electron chi connectivity index (χ4n) is 2.51. The first-order chi connectivity index (χ1) is 9.66. The SMILES string of the molecule is Cc1cc(C(O)c2cccc3ccccc23)ccc1Cl. The Morgan fingerprint density at radius 2 is 1.70 bits per heavy atom. The van der Waals surface area contributed by atoms with Crippen molar-refractivity contribution < 1.29 is 5.11 Å². The third kappa shape index (κ3) is 2.31. The van der Waals surface area contributed by atoms with Crippen molar-refractivity contribution >= 4 is 22.4 Å². The van der Waals surface area contributed by atoms with E-state index in [1.54, 1.807) is 0 Å². The number of hydrogen-bond acceptors (Lipinski definition) is 1. The molecule has 1 nitrogen and oxygen atoms in total. The lowest BCUT2D eigenvalue weighted by atomic mass is 9.95. The molecular formula is C18H15ClO. The number of rotatable bonds is 2. The number of fused-ring (bicyclic) bond motifs is 1. The second-order valence-corrected chi connectivity index (χ2v) is 5.39. The summed E-state index contributed by atoms with van der Waals surface area (Å²) in [5, 5.41) is 13.6. The van der Waals surface area contributed by atoms with Gasteiger partial charge in [0.25, 0.3) is 0 Å². The molecule has 2 heteroatoms. The van der Waals surface area contributed by atoms with E-state index < -0.39 is 6.10 Å². The van der Waals surface area contributed by atoms with Crippen LogP contribution in [-0.2, 0) is 0 Å². The van der Waals surface area contributed by atoms with E-state index in [0.717, 1.165) is 32.5 Å². The van der Waals surface area contributed by atoms with Crippen molar-refractivity contribution in [3.63, 3.8) is 0 Å². The van der Waals surface area contributed by atoms with E-state index in [4.69, 9.17) is 11.6 Å². The van der Waals surface area contributed by atoms with Crippen molar-refractivity contribution in [2.75, 3.05) is 0 Å². The van der Waals surface area contributed by atoms with Crippen LogP contribution in [0.2, 0.25) is 5.02 Å². The molecule has 20 heavy (non-hydrogen) atoms. The first-order valence-corrected chi connectivity index (χ1v) is 6.96. The zero-order valence-electron chi connectivity index (χ0n) is 11.2. The molecule has 3 aromatic rings. The molecule has 100 valence electrons. The number of benzene rings is 3. The van der Waals surface area contributed by atoms with Crippen LogP contribution in [0.15, 0.2) is 60.7 Å². The average Bonchev–Trinajstić information content (AvgIpc) is 2.49. The summed E-state index contributed by atoms with van der Waals surface area (Å²) < 4.78 is 0. The summed E-state index contributed by atoms with van der Waals surface area (Å²) in [4.78, 5) is 0. The van der Waals surface area contributed by atoms with Gasteiger partial charge in [-0.05, 0) is 40.5 Å². The highest BCUT2D eigenvalue weighted by Crippen LogP contribution is 2.30. The minimum Gasteiger partial charge on any atom is -0.384 e. The number of halogens is 1.